The molecule has 0 heterocycles. The standard InChI is InChI=1S/C19H24N2O2S/c1-14(2)24(23)18-11-7-16(8-12-18)19(22)20-13-15-5-9-17(10-6-15)21(3)4/h5-12,14H,13H2,1-4H3,(H,20,22)/t24-/m0/s1. The molecule has 4 nitrogen and oxygen atoms in total. The highest BCUT2D eigenvalue weighted by Crippen LogP contribution is 2.14. The zero-order valence-corrected chi connectivity index (χ0v) is 15.4. The van der Waals surface area contributed by atoms with Crippen LogP contribution in [0.15, 0.2) is 53.4 Å². The van der Waals surface area contributed by atoms with Crippen LogP contribution in [0.1, 0.15) is 29.8 Å². The third kappa shape index (κ3) is 4.68. The summed E-state index contributed by atoms with van der Waals surface area (Å²) in [6.45, 7) is 4.31. The molecule has 0 saturated heterocycles. The topological polar surface area (TPSA) is 49.4 Å². The fourth-order valence-electron chi connectivity index (χ4n) is 2.21. The van der Waals surface area contributed by atoms with E-state index < -0.39 is 10.8 Å². The van der Waals surface area contributed by atoms with Gasteiger partial charge in [0.05, 0.1) is 10.8 Å². The summed E-state index contributed by atoms with van der Waals surface area (Å²) in [7, 11) is 2.95. The Bertz CT molecular complexity index is 707. The van der Waals surface area contributed by atoms with Gasteiger partial charge in [0.1, 0.15) is 0 Å². The van der Waals surface area contributed by atoms with Crippen LogP contribution in [-0.2, 0) is 17.3 Å². The molecule has 2 aromatic rings. The lowest BCUT2D eigenvalue weighted by Crippen LogP contribution is -2.22. The molecule has 0 aliphatic carbocycles. The van der Waals surface area contributed by atoms with Gasteiger partial charge >= 0.3 is 0 Å². The molecule has 1 amide bonds. The van der Waals surface area contributed by atoms with Crippen molar-refractivity contribution in [3.8, 4) is 0 Å². The van der Waals surface area contributed by atoms with E-state index in [4.69, 9.17) is 0 Å². The number of carbonyl (C=O) groups is 1. The van der Waals surface area contributed by atoms with E-state index in [2.05, 4.69) is 5.32 Å². The maximum atomic E-state index is 12.2. The first-order valence-electron chi connectivity index (χ1n) is 7.93. The van der Waals surface area contributed by atoms with E-state index in [9.17, 15) is 9.00 Å². The van der Waals surface area contributed by atoms with Crippen molar-refractivity contribution < 1.29 is 9.00 Å². The smallest absolute Gasteiger partial charge is 0.251 e. The SMILES string of the molecule is CC(C)[S@](=O)c1ccc(C(=O)NCc2ccc(N(C)C)cc2)cc1. The van der Waals surface area contributed by atoms with Gasteiger partial charge in [-0.3, -0.25) is 9.00 Å². The van der Waals surface area contributed by atoms with E-state index in [1.54, 1.807) is 24.3 Å². The van der Waals surface area contributed by atoms with Crippen LogP contribution in [0.5, 0.6) is 0 Å². The quantitative estimate of drug-likeness (QED) is 0.875. The summed E-state index contributed by atoms with van der Waals surface area (Å²) in [4.78, 5) is 15.0. The van der Waals surface area contributed by atoms with Crippen molar-refractivity contribution in [3.63, 3.8) is 0 Å². The second-order valence-electron chi connectivity index (χ2n) is 6.11. The lowest BCUT2D eigenvalue weighted by Gasteiger charge is -2.13. The molecule has 2 rings (SSSR count). The molecule has 1 atom stereocenters. The lowest BCUT2D eigenvalue weighted by atomic mass is 10.2. The van der Waals surface area contributed by atoms with E-state index in [0.717, 1.165) is 16.1 Å². The minimum Gasteiger partial charge on any atom is -0.378 e. The Labute approximate surface area is 146 Å². The van der Waals surface area contributed by atoms with Crippen LogP contribution in [0.25, 0.3) is 0 Å². The van der Waals surface area contributed by atoms with Crippen molar-refractivity contribution in [1.82, 2.24) is 5.32 Å². The van der Waals surface area contributed by atoms with Crippen LogP contribution < -0.4 is 10.2 Å². The molecule has 0 aliphatic rings. The van der Waals surface area contributed by atoms with Gasteiger partial charge in [0.25, 0.3) is 5.91 Å². The summed E-state index contributed by atoms with van der Waals surface area (Å²) in [5.74, 6) is -0.131. The highest BCUT2D eigenvalue weighted by atomic mass is 32.2. The normalized spacial score (nSPS) is 12.0. The Morgan fingerprint density at radius 2 is 1.62 bits per heavy atom. The molecule has 24 heavy (non-hydrogen) atoms. The van der Waals surface area contributed by atoms with Gasteiger partial charge in [-0.05, 0) is 42.0 Å². The molecule has 128 valence electrons. The van der Waals surface area contributed by atoms with Gasteiger partial charge in [-0.1, -0.05) is 26.0 Å². The Morgan fingerprint density at radius 3 is 2.12 bits per heavy atom. The zero-order chi connectivity index (χ0) is 17.7. The number of anilines is 1. The van der Waals surface area contributed by atoms with E-state index in [-0.39, 0.29) is 11.2 Å². The first-order valence-corrected chi connectivity index (χ1v) is 9.15. The fourth-order valence-corrected chi connectivity index (χ4v) is 3.16. The summed E-state index contributed by atoms with van der Waals surface area (Å²) in [5.41, 5.74) is 2.75. The van der Waals surface area contributed by atoms with Crippen molar-refractivity contribution in [1.29, 1.82) is 0 Å². The van der Waals surface area contributed by atoms with Gasteiger partial charge in [0, 0.05) is 42.0 Å². The number of benzene rings is 2. The number of hydrogen-bond acceptors (Lipinski definition) is 3. The number of nitrogens with zero attached hydrogens (tertiary/aromatic N) is 1. The van der Waals surface area contributed by atoms with Crippen molar-refractivity contribution in [2.75, 3.05) is 19.0 Å². The van der Waals surface area contributed by atoms with Gasteiger partial charge < -0.3 is 10.2 Å². The number of rotatable bonds is 6. The maximum Gasteiger partial charge on any atom is 0.251 e. The van der Waals surface area contributed by atoms with Crippen LogP contribution in [0.2, 0.25) is 0 Å². The molecule has 0 fully saturated rings. The predicted molar refractivity (Wildman–Crippen MR) is 99.9 cm³/mol. The third-order valence-corrected chi connectivity index (χ3v) is 5.28. The minimum atomic E-state index is -1.03. The van der Waals surface area contributed by atoms with Crippen molar-refractivity contribution >= 4 is 22.4 Å². The van der Waals surface area contributed by atoms with E-state index in [0.29, 0.717) is 12.1 Å². The van der Waals surface area contributed by atoms with Gasteiger partial charge in [0.15, 0.2) is 0 Å². The summed E-state index contributed by atoms with van der Waals surface area (Å²) >= 11 is 0. The van der Waals surface area contributed by atoms with E-state index in [1.165, 1.54) is 0 Å². The average Bonchev–Trinajstić information content (AvgIpc) is 2.59. The Hall–Kier alpha value is -2.14. The molecule has 0 bridgehead atoms. The Morgan fingerprint density at radius 1 is 1.04 bits per heavy atom. The molecular formula is C19H24N2O2S. The highest BCUT2D eigenvalue weighted by molar-refractivity contribution is 7.85. The lowest BCUT2D eigenvalue weighted by molar-refractivity contribution is 0.0951. The largest absolute Gasteiger partial charge is 0.378 e. The molecule has 1 N–H and O–H groups in total. The van der Waals surface area contributed by atoms with E-state index in [1.807, 2.05) is 57.1 Å². The summed E-state index contributed by atoms with van der Waals surface area (Å²) in [6.07, 6.45) is 0. The summed E-state index contributed by atoms with van der Waals surface area (Å²) in [6, 6.07) is 15.0. The van der Waals surface area contributed by atoms with Crippen molar-refractivity contribution in [2.24, 2.45) is 0 Å². The molecule has 0 aromatic heterocycles. The summed E-state index contributed by atoms with van der Waals surface area (Å²) < 4.78 is 12.0. The Balaban J connectivity index is 1.96. The molecule has 0 unspecified atom stereocenters. The Kier molecular flexibility index (Phi) is 6.15. The average molecular weight is 344 g/mol. The second kappa shape index (κ2) is 8.11. The van der Waals surface area contributed by atoms with Crippen molar-refractivity contribution in [2.45, 2.75) is 30.5 Å². The van der Waals surface area contributed by atoms with E-state index >= 15 is 0 Å². The monoisotopic (exact) mass is 344 g/mol. The van der Waals surface area contributed by atoms with Gasteiger partial charge in [0.2, 0.25) is 0 Å². The fraction of sp³-hybridized carbons (Fsp3) is 0.316. The van der Waals surface area contributed by atoms with Gasteiger partial charge in [-0.2, -0.15) is 0 Å². The summed E-state index contributed by atoms with van der Waals surface area (Å²) in [5, 5.41) is 2.97. The maximum absolute atomic E-state index is 12.2. The van der Waals surface area contributed by atoms with Crippen LogP contribution in [-0.4, -0.2) is 29.5 Å². The molecule has 5 heteroatoms. The third-order valence-electron chi connectivity index (χ3n) is 3.68. The van der Waals surface area contributed by atoms with Crippen LogP contribution in [0.4, 0.5) is 5.69 Å². The number of carbonyl (C=O) groups excluding carboxylic acids is 1. The zero-order valence-electron chi connectivity index (χ0n) is 14.6. The van der Waals surface area contributed by atoms with Crippen LogP contribution >= 0.6 is 0 Å². The number of nitrogens with one attached hydrogen (secondary N) is 1. The molecule has 0 spiro atoms. The first-order chi connectivity index (χ1) is 11.4. The molecule has 0 radical (unpaired) electrons. The predicted octanol–water partition coefficient (Wildman–Crippen LogP) is 3.20. The number of amides is 1. The molecule has 0 saturated carbocycles. The van der Waals surface area contributed by atoms with Crippen LogP contribution in [0, 0.1) is 0 Å². The highest BCUT2D eigenvalue weighted by Gasteiger charge is 2.10. The second-order valence-corrected chi connectivity index (χ2v) is 8.12. The molecule has 0 aliphatic heterocycles. The molecular weight excluding hydrogens is 320 g/mol. The molecule has 2 aromatic carbocycles. The van der Waals surface area contributed by atoms with Gasteiger partial charge in [-0.25, -0.2) is 0 Å². The van der Waals surface area contributed by atoms with Gasteiger partial charge in [-0.15, -0.1) is 0 Å². The number of hydrogen-bond donors (Lipinski definition) is 1. The van der Waals surface area contributed by atoms with Crippen LogP contribution in [0.3, 0.4) is 0 Å². The minimum absolute atomic E-state index is 0.0646. The van der Waals surface area contributed by atoms with Crippen molar-refractivity contribution in [3.05, 3.63) is 59.7 Å². The first kappa shape index (κ1) is 18.2.